The van der Waals surface area contributed by atoms with Gasteiger partial charge in [0.1, 0.15) is 0 Å². The number of rotatable bonds is 8. The van der Waals surface area contributed by atoms with Gasteiger partial charge >= 0.3 is 0 Å². The first-order valence-electron chi connectivity index (χ1n) is 5.29. The van der Waals surface area contributed by atoms with Crippen molar-refractivity contribution in [3.63, 3.8) is 0 Å². The number of hydrogen-bond acceptors (Lipinski definition) is 2. The molecule has 0 rings (SSSR count). The predicted octanol–water partition coefficient (Wildman–Crippen LogP) is 2.87. The Hall–Kier alpha value is -0.550. The van der Waals surface area contributed by atoms with Crippen molar-refractivity contribution in [1.82, 2.24) is 0 Å². The molecule has 0 radical (unpaired) electrons. The molecule has 1 unspecified atom stereocenters. The van der Waals surface area contributed by atoms with Crippen LogP contribution in [-0.2, 0) is 0 Å². The van der Waals surface area contributed by atoms with Crippen molar-refractivity contribution in [2.24, 2.45) is 5.92 Å². The largest absolute Gasteiger partial charge is 0.396 e. The Bertz CT molecular complexity index is 140. The number of aliphatic hydroxyl groups is 1. The Morgan fingerprint density at radius 3 is 2.46 bits per heavy atom. The van der Waals surface area contributed by atoms with Crippen LogP contribution in [-0.4, -0.2) is 11.7 Å². The van der Waals surface area contributed by atoms with Crippen LogP contribution in [0.1, 0.15) is 51.9 Å². The summed E-state index contributed by atoms with van der Waals surface area (Å²) in [6.07, 6.45) is 7.46. The summed E-state index contributed by atoms with van der Waals surface area (Å²) >= 11 is 0. The van der Waals surface area contributed by atoms with E-state index in [4.69, 9.17) is 10.4 Å². The van der Waals surface area contributed by atoms with Gasteiger partial charge in [-0.2, -0.15) is 5.26 Å². The van der Waals surface area contributed by atoms with Gasteiger partial charge in [-0.1, -0.05) is 26.2 Å². The third-order valence-electron chi connectivity index (χ3n) is 2.34. The normalized spacial score (nSPS) is 12.4. The van der Waals surface area contributed by atoms with Crippen LogP contribution in [0.3, 0.4) is 0 Å². The lowest BCUT2D eigenvalue weighted by Gasteiger charge is -2.09. The maximum atomic E-state index is 8.62. The zero-order valence-corrected chi connectivity index (χ0v) is 8.63. The molecule has 2 nitrogen and oxygen atoms in total. The van der Waals surface area contributed by atoms with Crippen molar-refractivity contribution in [3.8, 4) is 6.07 Å². The molecule has 0 heterocycles. The van der Waals surface area contributed by atoms with E-state index in [1.165, 1.54) is 19.3 Å². The summed E-state index contributed by atoms with van der Waals surface area (Å²) < 4.78 is 0. The van der Waals surface area contributed by atoms with E-state index in [-0.39, 0.29) is 0 Å². The molecule has 0 aliphatic rings. The van der Waals surface area contributed by atoms with E-state index >= 15 is 0 Å². The minimum atomic E-state index is 0.318. The molecule has 0 aromatic heterocycles. The second-order valence-corrected chi connectivity index (χ2v) is 3.73. The number of nitrogens with zero attached hydrogens (tertiary/aromatic N) is 1. The van der Waals surface area contributed by atoms with E-state index < -0.39 is 0 Å². The summed E-state index contributed by atoms with van der Waals surface area (Å²) in [6, 6.07) is 2.16. The minimum absolute atomic E-state index is 0.318. The van der Waals surface area contributed by atoms with Gasteiger partial charge < -0.3 is 5.11 Å². The van der Waals surface area contributed by atoms with Gasteiger partial charge in [0.2, 0.25) is 0 Å². The molecule has 0 spiro atoms. The fraction of sp³-hybridized carbons (Fsp3) is 0.909. The Kier molecular flexibility index (Phi) is 9.13. The molecule has 0 aliphatic heterocycles. The molecule has 0 saturated carbocycles. The molecule has 0 saturated heterocycles. The molecule has 1 N–H and O–H groups in total. The summed E-state index contributed by atoms with van der Waals surface area (Å²) in [6.45, 7) is 2.55. The average Bonchev–Trinajstić information content (AvgIpc) is 2.14. The van der Waals surface area contributed by atoms with Gasteiger partial charge in [0.05, 0.1) is 6.07 Å². The highest BCUT2D eigenvalue weighted by Crippen LogP contribution is 2.14. The van der Waals surface area contributed by atoms with Crippen LogP contribution < -0.4 is 0 Å². The van der Waals surface area contributed by atoms with Gasteiger partial charge in [-0.3, -0.25) is 0 Å². The lowest BCUT2D eigenvalue weighted by molar-refractivity contribution is 0.270. The standard InChI is InChI=1S/C11H21NO/c1-11(8-6-10-13)7-4-2-3-5-9-12/h11,13H,2-8,10H2,1H3. The highest BCUT2D eigenvalue weighted by atomic mass is 16.2. The third kappa shape index (κ3) is 9.36. The zero-order chi connectivity index (χ0) is 9.94. The fourth-order valence-electron chi connectivity index (χ4n) is 1.46. The molecule has 0 fully saturated rings. The van der Waals surface area contributed by atoms with Crippen LogP contribution in [0, 0.1) is 17.2 Å². The highest BCUT2D eigenvalue weighted by molar-refractivity contribution is 4.68. The van der Waals surface area contributed by atoms with Crippen LogP contribution in [0.5, 0.6) is 0 Å². The second kappa shape index (κ2) is 9.54. The van der Waals surface area contributed by atoms with E-state index in [1.807, 2.05) is 0 Å². The Balaban J connectivity index is 3.08. The van der Waals surface area contributed by atoms with Gasteiger partial charge in [0.15, 0.2) is 0 Å². The first-order valence-corrected chi connectivity index (χ1v) is 5.29. The van der Waals surface area contributed by atoms with E-state index in [2.05, 4.69) is 13.0 Å². The quantitative estimate of drug-likeness (QED) is 0.588. The maximum Gasteiger partial charge on any atom is 0.0621 e. The smallest absolute Gasteiger partial charge is 0.0621 e. The molecule has 0 aliphatic carbocycles. The summed E-state index contributed by atoms with van der Waals surface area (Å²) in [5, 5.41) is 16.9. The van der Waals surface area contributed by atoms with Crippen molar-refractivity contribution in [1.29, 1.82) is 5.26 Å². The second-order valence-electron chi connectivity index (χ2n) is 3.73. The number of aliphatic hydroxyl groups excluding tert-OH is 1. The predicted molar refractivity (Wildman–Crippen MR) is 54.2 cm³/mol. The summed E-state index contributed by atoms with van der Waals surface area (Å²) in [4.78, 5) is 0. The van der Waals surface area contributed by atoms with Crippen LogP contribution >= 0.6 is 0 Å². The maximum absolute atomic E-state index is 8.62. The minimum Gasteiger partial charge on any atom is -0.396 e. The third-order valence-corrected chi connectivity index (χ3v) is 2.34. The Morgan fingerprint density at radius 1 is 1.15 bits per heavy atom. The molecule has 0 bridgehead atoms. The SMILES string of the molecule is CC(CCCO)CCCCCC#N. The van der Waals surface area contributed by atoms with Crippen LogP contribution in [0.4, 0.5) is 0 Å². The van der Waals surface area contributed by atoms with E-state index in [0.29, 0.717) is 13.0 Å². The summed E-state index contributed by atoms with van der Waals surface area (Å²) in [7, 11) is 0. The lowest BCUT2D eigenvalue weighted by atomic mass is 9.98. The molecule has 2 heteroatoms. The first-order chi connectivity index (χ1) is 6.31. The van der Waals surface area contributed by atoms with E-state index in [0.717, 1.165) is 25.2 Å². The number of unbranched alkanes of at least 4 members (excludes halogenated alkanes) is 3. The fourth-order valence-corrected chi connectivity index (χ4v) is 1.46. The molecule has 0 aromatic carbocycles. The summed E-state index contributed by atoms with van der Waals surface area (Å²) in [5.74, 6) is 0.731. The van der Waals surface area contributed by atoms with E-state index in [1.54, 1.807) is 0 Å². The van der Waals surface area contributed by atoms with Crippen molar-refractivity contribution < 1.29 is 5.11 Å². The van der Waals surface area contributed by atoms with Crippen molar-refractivity contribution in [2.75, 3.05) is 6.61 Å². The van der Waals surface area contributed by atoms with Gasteiger partial charge in [-0.25, -0.2) is 0 Å². The molecular weight excluding hydrogens is 162 g/mol. The van der Waals surface area contributed by atoms with Crippen LogP contribution in [0.2, 0.25) is 0 Å². The van der Waals surface area contributed by atoms with Crippen molar-refractivity contribution in [3.05, 3.63) is 0 Å². The topological polar surface area (TPSA) is 44.0 Å². The molecule has 0 aromatic rings. The molecule has 13 heavy (non-hydrogen) atoms. The van der Waals surface area contributed by atoms with Crippen molar-refractivity contribution >= 4 is 0 Å². The monoisotopic (exact) mass is 183 g/mol. The lowest BCUT2D eigenvalue weighted by Crippen LogP contribution is -1.96. The Labute approximate surface area is 81.6 Å². The Morgan fingerprint density at radius 2 is 1.85 bits per heavy atom. The van der Waals surface area contributed by atoms with Crippen LogP contribution in [0.15, 0.2) is 0 Å². The molecular formula is C11H21NO. The molecule has 76 valence electrons. The van der Waals surface area contributed by atoms with Gasteiger partial charge in [-0.15, -0.1) is 0 Å². The number of nitriles is 1. The average molecular weight is 183 g/mol. The number of hydrogen-bond donors (Lipinski definition) is 1. The van der Waals surface area contributed by atoms with Gasteiger partial charge in [0, 0.05) is 13.0 Å². The molecule has 0 amide bonds. The van der Waals surface area contributed by atoms with Crippen molar-refractivity contribution in [2.45, 2.75) is 51.9 Å². The van der Waals surface area contributed by atoms with E-state index in [9.17, 15) is 0 Å². The van der Waals surface area contributed by atoms with Gasteiger partial charge in [-0.05, 0) is 25.2 Å². The summed E-state index contributed by atoms with van der Waals surface area (Å²) in [5.41, 5.74) is 0. The van der Waals surface area contributed by atoms with Crippen LogP contribution in [0.25, 0.3) is 0 Å². The van der Waals surface area contributed by atoms with Gasteiger partial charge in [0.25, 0.3) is 0 Å². The highest BCUT2D eigenvalue weighted by Gasteiger charge is 2.00. The molecule has 1 atom stereocenters. The zero-order valence-electron chi connectivity index (χ0n) is 8.63. The first kappa shape index (κ1) is 12.4.